The molecule has 0 spiro atoms. The topological polar surface area (TPSA) is 47.7 Å². The lowest BCUT2D eigenvalue weighted by Gasteiger charge is -2.15. The van der Waals surface area contributed by atoms with E-state index in [0.717, 1.165) is 23.9 Å². The summed E-state index contributed by atoms with van der Waals surface area (Å²) >= 11 is 0. The van der Waals surface area contributed by atoms with E-state index in [4.69, 9.17) is 0 Å². The number of rotatable bonds is 4. The van der Waals surface area contributed by atoms with Gasteiger partial charge in [-0.25, -0.2) is 4.98 Å². The van der Waals surface area contributed by atoms with Gasteiger partial charge in [0.2, 0.25) is 5.95 Å². The molecule has 0 aliphatic heterocycles. The summed E-state index contributed by atoms with van der Waals surface area (Å²) in [4.78, 5) is 4.66. The summed E-state index contributed by atoms with van der Waals surface area (Å²) in [5.41, 5.74) is 4.69. The quantitative estimate of drug-likeness (QED) is 0.940. The summed E-state index contributed by atoms with van der Waals surface area (Å²) in [6, 6.07) is 0.585. The van der Waals surface area contributed by atoms with Crippen molar-refractivity contribution in [1.82, 2.24) is 19.3 Å². The Morgan fingerprint density at radius 2 is 1.95 bits per heavy atom. The van der Waals surface area contributed by atoms with Crippen LogP contribution in [0.1, 0.15) is 48.3 Å². The summed E-state index contributed by atoms with van der Waals surface area (Å²) in [5.74, 6) is 1.00. The molecule has 21 heavy (non-hydrogen) atoms. The molecule has 2 aromatic heterocycles. The number of imidazole rings is 1. The molecule has 1 aliphatic rings. The van der Waals surface area contributed by atoms with Gasteiger partial charge in [-0.15, -0.1) is 0 Å². The zero-order valence-electron chi connectivity index (χ0n) is 13.5. The fraction of sp³-hybridized carbons (Fsp3) is 0.625. The molecule has 0 bridgehead atoms. The lowest BCUT2D eigenvalue weighted by atomic mass is 10.2. The highest BCUT2D eigenvalue weighted by Gasteiger charge is 2.18. The van der Waals surface area contributed by atoms with Crippen molar-refractivity contribution in [1.29, 1.82) is 0 Å². The Labute approximate surface area is 126 Å². The van der Waals surface area contributed by atoms with Gasteiger partial charge in [-0.05, 0) is 33.6 Å². The van der Waals surface area contributed by atoms with Crippen LogP contribution in [0.15, 0.2) is 6.20 Å². The van der Waals surface area contributed by atoms with E-state index in [1.807, 2.05) is 11.7 Å². The Bertz CT molecular complexity index is 631. The number of nitrogens with zero attached hydrogens (tertiary/aromatic N) is 4. The van der Waals surface area contributed by atoms with Gasteiger partial charge in [-0.1, -0.05) is 12.8 Å². The third-order valence-electron chi connectivity index (χ3n) is 4.57. The van der Waals surface area contributed by atoms with E-state index in [1.54, 1.807) is 0 Å². The van der Waals surface area contributed by atoms with Gasteiger partial charge in [-0.3, -0.25) is 4.68 Å². The number of anilines is 1. The second-order valence-electron chi connectivity index (χ2n) is 6.23. The Kier molecular flexibility index (Phi) is 3.74. The zero-order chi connectivity index (χ0) is 15.0. The van der Waals surface area contributed by atoms with Crippen molar-refractivity contribution in [2.75, 3.05) is 5.32 Å². The highest BCUT2D eigenvalue weighted by atomic mass is 15.3. The predicted octanol–water partition coefficient (Wildman–Crippen LogP) is 2.94. The Hall–Kier alpha value is -1.78. The van der Waals surface area contributed by atoms with Crippen LogP contribution in [-0.2, 0) is 13.6 Å². The first-order valence-electron chi connectivity index (χ1n) is 7.84. The molecule has 0 unspecified atom stereocenters. The average molecular weight is 287 g/mol. The first-order chi connectivity index (χ1) is 10.0. The van der Waals surface area contributed by atoms with E-state index in [1.165, 1.54) is 36.9 Å². The summed E-state index contributed by atoms with van der Waals surface area (Å²) < 4.78 is 4.18. The van der Waals surface area contributed by atoms with E-state index >= 15 is 0 Å². The molecule has 0 aromatic carbocycles. The minimum absolute atomic E-state index is 0.585. The van der Waals surface area contributed by atoms with Gasteiger partial charge in [0.15, 0.2) is 0 Å². The van der Waals surface area contributed by atoms with Crippen LogP contribution >= 0.6 is 0 Å². The van der Waals surface area contributed by atoms with Crippen LogP contribution < -0.4 is 5.32 Å². The lowest BCUT2D eigenvalue weighted by molar-refractivity contribution is 0.710. The minimum atomic E-state index is 0.585. The van der Waals surface area contributed by atoms with Crippen molar-refractivity contribution in [3.05, 3.63) is 28.8 Å². The molecule has 0 saturated heterocycles. The molecule has 2 aromatic rings. The summed E-state index contributed by atoms with van der Waals surface area (Å²) in [6.07, 6.45) is 7.31. The number of hydrogen-bond donors (Lipinski definition) is 1. The smallest absolute Gasteiger partial charge is 0.203 e. The van der Waals surface area contributed by atoms with E-state index in [2.05, 4.69) is 46.9 Å². The van der Waals surface area contributed by atoms with Crippen molar-refractivity contribution in [3.63, 3.8) is 0 Å². The average Bonchev–Trinajstić information content (AvgIpc) is 3.10. The molecule has 0 amide bonds. The maximum atomic E-state index is 4.66. The minimum Gasteiger partial charge on any atom is -0.353 e. The highest BCUT2D eigenvalue weighted by Crippen LogP contribution is 2.23. The monoisotopic (exact) mass is 287 g/mol. The molecular weight excluding hydrogens is 262 g/mol. The van der Waals surface area contributed by atoms with Crippen LogP contribution in [0.3, 0.4) is 0 Å². The molecule has 2 heterocycles. The molecule has 3 rings (SSSR count). The van der Waals surface area contributed by atoms with Gasteiger partial charge in [0, 0.05) is 30.5 Å². The second kappa shape index (κ2) is 5.54. The number of aromatic nitrogens is 4. The molecule has 1 saturated carbocycles. The van der Waals surface area contributed by atoms with Gasteiger partial charge >= 0.3 is 0 Å². The predicted molar refractivity (Wildman–Crippen MR) is 84.6 cm³/mol. The maximum Gasteiger partial charge on any atom is 0.203 e. The summed E-state index contributed by atoms with van der Waals surface area (Å²) in [5, 5.41) is 8.13. The molecule has 1 aliphatic carbocycles. The van der Waals surface area contributed by atoms with Gasteiger partial charge in [0.05, 0.1) is 17.9 Å². The highest BCUT2D eigenvalue weighted by molar-refractivity contribution is 5.34. The molecule has 114 valence electrons. The largest absolute Gasteiger partial charge is 0.353 e. The number of hydrogen-bond acceptors (Lipinski definition) is 3. The Morgan fingerprint density at radius 3 is 2.57 bits per heavy atom. The normalized spacial score (nSPS) is 15.8. The summed E-state index contributed by atoms with van der Waals surface area (Å²) in [7, 11) is 2.00. The van der Waals surface area contributed by atoms with Crippen molar-refractivity contribution < 1.29 is 0 Å². The van der Waals surface area contributed by atoms with Crippen molar-refractivity contribution in [2.45, 2.75) is 59.0 Å². The van der Waals surface area contributed by atoms with Crippen molar-refractivity contribution in [3.8, 4) is 0 Å². The Balaban J connectivity index is 1.84. The molecule has 0 radical (unpaired) electrons. The number of aryl methyl sites for hydroxylation is 3. The Morgan fingerprint density at radius 1 is 1.24 bits per heavy atom. The van der Waals surface area contributed by atoms with Crippen molar-refractivity contribution in [2.24, 2.45) is 7.05 Å². The van der Waals surface area contributed by atoms with Crippen LogP contribution in [0.5, 0.6) is 0 Å². The lowest BCUT2D eigenvalue weighted by Crippen LogP contribution is -2.18. The first kappa shape index (κ1) is 14.2. The fourth-order valence-corrected chi connectivity index (χ4v) is 3.25. The van der Waals surface area contributed by atoms with Crippen LogP contribution in [0.25, 0.3) is 0 Å². The van der Waals surface area contributed by atoms with Crippen LogP contribution in [-0.4, -0.2) is 25.4 Å². The van der Waals surface area contributed by atoms with E-state index in [-0.39, 0.29) is 0 Å². The van der Waals surface area contributed by atoms with E-state index in [9.17, 15) is 0 Å². The molecule has 1 N–H and O–H groups in total. The standard InChI is InChI=1S/C16H25N5/c1-11-9-21(10-15-12(2)19-20(4)13(15)3)16(17-11)18-14-7-5-6-8-14/h9,14H,5-8,10H2,1-4H3,(H,17,18). The van der Waals surface area contributed by atoms with Crippen LogP contribution in [0.2, 0.25) is 0 Å². The third-order valence-corrected chi connectivity index (χ3v) is 4.57. The van der Waals surface area contributed by atoms with Crippen LogP contribution in [0, 0.1) is 20.8 Å². The second-order valence-corrected chi connectivity index (χ2v) is 6.23. The third kappa shape index (κ3) is 2.82. The molecule has 5 heteroatoms. The molecule has 1 fully saturated rings. The first-order valence-corrected chi connectivity index (χ1v) is 7.84. The van der Waals surface area contributed by atoms with E-state index < -0.39 is 0 Å². The van der Waals surface area contributed by atoms with Gasteiger partial charge in [-0.2, -0.15) is 5.10 Å². The van der Waals surface area contributed by atoms with Gasteiger partial charge < -0.3 is 9.88 Å². The van der Waals surface area contributed by atoms with Gasteiger partial charge in [0.1, 0.15) is 0 Å². The molecule has 5 nitrogen and oxygen atoms in total. The van der Waals surface area contributed by atoms with Gasteiger partial charge in [0.25, 0.3) is 0 Å². The molecule has 0 atom stereocenters. The fourth-order valence-electron chi connectivity index (χ4n) is 3.25. The van der Waals surface area contributed by atoms with Crippen LogP contribution in [0.4, 0.5) is 5.95 Å². The van der Waals surface area contributed by atoms with E-state index in [0.29, 0.717) is 6.04 Å². The summed E-state index contributed by atoms with van der Waals surface area (Å²) in [6.45, 7) is 7.10. The SMILES string of the molecule is Cc1cn(Cc2c(C)nn(C)c2C)c(NC2CCCC2)n1. The number of nitrogens with one attached hydrogen (secondary N) is 1. The van der Waals surface area contributed by atoms with Crippen molar-refractivity contribution >= 4 is 5.95 Å². The maximum absolute atomic E-state index is 4.66. The molecular formula is C16H25N5. The zero-order valence-corrected chi connectivity index (χ0v) is 13.5.